The third kappa shape index (κ3) is 4.17. The first kappa shape index (κ1) is 17.2. The fourth-order valence-corrected chi connectivity index (χ4v) is 2.99. The van der Waals surface area contributed by atoms with Crippen molar-refractivity contribution in [1.29, 1.82) is 0 Å². The van der Waals surface area contributed by atoms with Crippen molar-refractivity contribution in [1.82, 2.24) is 4.90 Å². The van der Waals surface area contributed by atoms with Crippen LogP contribution in [0.5, 0.6) is 0 Å². The molecule has 3 nitrogen and oxygen atoms in total. The molecule has 4 heteroatoms. The lowest BCUT2D eigenvalue weighted by molar-refractivity contribution is 0.206. The maximum Gasteiger partial charge on any atom is 0.105 e. The molecule has 2 aromatic carbocycles. The van der Waals surface area contributed by atoms with Crippen molar-refractivity contribution < 1.29 is 10.2 Å². The third-order valence-electron chi connectivity index (χ3n) is 3.80. The molecule has 0 saturated carbocycles. The molecule has 2 rings (SSSR count). The van der Waals surface area contributed by atoms with Crippen LogP contribution in [0.2, 0.25) is 0 Å². The standard InChI is InChI=1S/C18H22BrNO2/c1-13-5-3-4-6-16(13)18(22)17-8-7-15(19)11-14(17)12-20(2)9-10-21/h3-8,11,18,21-22H,9-10,12H2,1-2H3. The highest BCUT2D eigenvalue weighted by Gasteiger charge is 2.17. The van der Waals surface area contributed by atoms with Crippen LogP contribution in [0.4, 0.5) is 0 Å². The lowest BCUT2D eigenvalue weighted by Crippen LogP contribution is -2.22. The summed E-state index contributed by atoms with van der Waals surface area (Å²) in [6.45, 7) is 3.42. The highest BCUT2D eigenvalue weighted by Crippen LogP contribution is 2.29. The molecule has 0 aromatic heterocycles. The van der Waals surface area contributed by atoms with Crippen molar-refractivity contribution in [3.05, 3.63) is 69.2 Å². The number of benzene rings is 2. The Hall–Kier alpha value is -1.20. The largest absolute Gasteiger partial charge is 0.395 e. The van der Waals surface area contributed by atoms with Crippen LogP contribution in [0.25, 0.3) is 0 Å². The van der Waals surface area contributed by atoms with Gasteiger partial charge < -0.3 is 10.2 Å². The molecule has 0 amide bonds. The zero-order valence-electron chi connectivity index (χ0n) is 13.0. The van der Waals surface area contributed by atoms with Crippen LogP contribution in [0, 0.1) is 6.92 Å². The van der Waals surface area contributed by atoms with E-state index >= 15 is 0 Å². The van der Waals surface area contributed by atoms with E-state index in [4.69, 9.17) is 5.11 Å². The Balaban J connectivity index is 2.36. The molecule has 0 heterocycles. The van der Waals surface area contributed by atoms with Gasteiger partial charge in [-0.05, 0) is 48.4 Å². The van der Waals surface area contributed by atoms with Gasteiger partial charge in [0.2, 0.25) is 0 Å². The average molecular weight is 364 g/mol. The maximum absolute atomic E-state index is 10.8. The third-order valence-corrected chi connectivity index (χ3v) is 4.30. The summed E-state index contributed by atoms with van der Waals surface area (Å²) in [6, 6.07) is 13.8. The van der Waals surface area contributed by atoms with Gasteiger partial charge in [-0.3, -0.25) is 4.90 Å². The van der Waals surface area contributed by atoms with Crippen molar-refractivity contribution in [3.8, 4) is 0 Å². The predicted octanol–water partition coefficient (Wildman–Crippen LogP) is 3.26. The highest BCUT2D eigenvalue weighted by atomic mass is 79.9. The number of hydrogen-bond donors (Lipinski definition) is 2. The van der Waals surface area contributed by atoms with Gasteiger partial charge in [0.25, 0.3) is 0 Å². The number of aliphatic hydroxyl groups excluding tert-OH is 2. The molecule has 1 unspecified atom stereocenters. The summed E-state index contributed by atoms with van der Waals surface area (Å²) in [5, 5.41) is 19.9. The highest BCUT2D eigenvalue weighted by molar-refractivity contribution is 9.10. The van der Waals surface area contributed by atoms with Gasteiger partial charge in [0.15, 0.2) is 0 Å². The van der Waals surface area contributed by atoms with Crippen molar-refractivity contribution in [2.75, 3.05) is 20.2 Å². The Bertz CT molecular complexity index is 630. The normalized spacial score (nSPS) is 12.6. The molecule has 0 fully saturated rings. The first-order valence-electron chi connectivity index (χ1n) is 7.34. The van der Waals surface area contributed by atoms with E-state index in [1.165, 1.54) is 0 Å². The Morgan fingerprint density at radius 2 is 1.86 bits per heavy atom. The Morgan fingerprint density at radius 1 is 1.14 bits per heavy atom. The second kappa shape index (κ2) is 7.88. The summed E-state index contributed by atoms with van der Waals surface area (Å²) < 4.78 is 0.987. The number of rotatable bonds is 6. The number of aliphatic hydroxyl groups is 2. The number of aryl methyl sites for hydroxylation is 1. The predicted molar refractivity (Wildman–Crippen MR) is 92.8 cm³/mol. The summed E-state index contributed by atoms with van der Waals surface area (Å²) in [5.41, 5.74) is 3.96. The summed E-state index contributed by atoms with van der Waals surface area (Å²) in [7, 11) is 1.96. The molecule has 2 aromatic rings. The fraction of sp³-hybridized carbons (Fsp3) is 0.333. The van der Waals surface area contributed by atoms with E-state index in [9.17, 15) is 5.11 Å². The number of nitrogens with zero attached hydrogens (tertiary/aromatic N) is 1. The van der Waals surface area contributed by atoms with E-state index in [0.29, 0.717) is 13.1 Å². The fourth-order valence-electron chi connectivity index (χ4n) is 2.58. The van der Waals surface area contributed by atoms with Crippen LogP contribution in [-0.2, 0) is 6.54 Å². The number of likely N-dealkylation sites (N-methyl/N-ethyl adjacent to an activating group) is 1. The van der Waals surface area contributed by atoms with E-state index in [0.717, 1.165) is 26.7 Å². The minimum Gasteiger partial charge on any atom is -0.395 e. The molecule has 0 saturated heterocycles. The minimum atomic E-state index is -0.646. The number of halogens is 1. The zero-order chi connectivity index (χ0) is 16.1. The van der Waals surface area contributed by atoms with E-state index in [1.54, 1.807) is 0 Å². The molecule has 0 spiro atoms. The van der Waals surface area contributed by atoms with Crippen LogP contribution in [-0.4, -0.2) is 35.3 Å². The van der Waals surface area contributed by atoms with E-state index < -0.39 is 6.10 Å². The van der Waals surface area contributed by atoms with E-state index in [1.807, 2.05) is 61.3 Å². The van der Waals surface area contributed by atoms with Gasteiger partial charge >= 0.3 is 0 Å². The van der Waals surface area contributed by atoms with Crippen LogP contribution < -0.4 is 0 Å². The zero-order valence-corrected chi connectivity index (χ0v) is 14.5. The lowest BCUT2D eigenvalue weighted by atomic mass is 9.94. The molecule has 0 bridgehead atoms. The molecule has 2 N–H and O–H groups in total. The molecule has 118 valence electrons. The molecule has 0 radical (unpaired) electrons. The summed E-state index contributed by atoms with van der Waals surface area (Å²) in [4.78, 5) is 2.04. The molecular formula is C18H22BrNO2. The Morgan fingerprint density at radius 3 is 2.55 bits per heavy atom. The van der Waals surface area contributed by atoms with Gasteiger partial charge in [0, 0.05) is 17.6 Å². The minimum absolute atomic E-state index is 0.125. The van der Waals surface area contributed by atoms with Gasteiger partial charge in [0.05, 0.1) is 6.61 Å². The van der Waals surface area contributed by atoms with Gasteiger partial charge in [-0.15, -0.1) is 0 Å². The first-order chi connectivity index (χ1) is 10.5. The van der Waals surface area contributed by atoms with Crippen LogP contribution in [0.15, 0.2) is 46.9 Å². The SMILES string of the molecule is Cc1ccccc1C(O)c1ccc(Br)cc1CN(C)CCO. The molecule has 0 aliphatic carbocycles. The van der Waals surface area contributed by atoms with Crippen molar-refractivity contribution in [2.45, 2.75) is 19.6 Å². The van der Waals surface area contributed by atoms with Gasteiger partial charge in [0.1, 0.15) is 6.10 Å². The second-order valence-electron chi connectivity index (χ2n) is 5.56. The van der Waals surface area contributed by atoms with Crippen molar-refractivity contribution in [2.24, 2.45) is 0 Å². The van der Waals surface area contributed by atoms with Crippen molar-refractivity contribution >= 4 is 15.9 Å². The van der Waals surface area contributed by atoms with Crippen molar-refractivity contribution in [3.63, 3.8) is 0 Å². The number of hydrogen-bond acceptors (Lipinski definition) is 3. The molecule has 0 aliphatic heterocycles. The van der Waals surface area contributed by atoms with Gasteiger partial charge in [-0.2, -0.15) is 0 Å². The average Bonchev–Trinajstić information content (AvgIpc) is 2.47. The monoisotopic (exact) mass is 363 g/mol. The van der Waals surface area contributed by atoms with Crippen LogP contribution >= 0.6 is 15.9 Å². The quantitative estimate of drug-likeness (QED) is 0.827. The Kier molecular flexibility index (Phi) is 6.15. The Labute approximate surface area is 140 Å². The summed E-state index contributed by atoms with van der Waals surface area (Å²) in [5.74, 6) is 0. The van der Waals surface area contributed by atoms with Gasteiger partial charge in [-0.1, -0.05) is 46.3 Å². The second-order valence-corrected chi connectivity index (χ2v) is 6.48. The smallest absolute Gasteiger partial charge is 0.105 e. The summed E-state index contributed by atoms with van der Waals surface area (Å²) in [6.07, 6.45) is -0.646. The van der Waals surface area contributed by atoms with Crippen LogP contribution in [0.3, 0.4) is 0 Å². The first-order valence-corrected chi connectivity index (χ1v) is 8.13. The maximum atomic E-state index is 10.8. The molecule has 22 heavy (non-hydrogen) atoms. The molecular weight excluding hydrogens is 342 g/mol. The van der Waals surface area contributed by atoms with E-state index in [2.05, 4.69) is 15.9 Å². The lowest BCUT2D eigenvalue weighted by Gasteiger charge is -2.22. The molecule has 1 atom stereocenters. The summed E-state index contributed by atoms with van der Waals surface area (Å²) >= 11 is 3.50. The van der Waals surface area contributed by atoms with Crippen LogP contribution in [0.1, 0.15) is 28.4 Å². The van der Waals surface area contributed by atoms with E-state index in [-0.39, 0.29) is 6.61 Å². The van der Waals surface area contributed by atoms with Gasteiger partial charge in [-0.25, -0.2) is 0 Å². The molecule has 0 aliphatic rings. The topological polar surface area (TPSA) is 43.7 Å².